The standard InChI is InChI=1S/C19H21N3O4/c1-4-26-17-10-14(7-8-16(17)23)11-20-22-19(25)18(24)21-15-9-12(2)5-6-13(15)3/h5-11,23H,4H2,1-3H3,(H,21,24)(H,22,25)/b20-11+. The second-order valence-electron chi connectivity index (χ2n) is 5.63. The largest absolute Gasteiger partial charge is 0.504 e. The summed E-state index contributed by atoms with van der Waals surface area (Å²) in [6, 6.07) is 10.2. The van der Waals surface area contributed by atoms with Crippen molar-refractivity contribution in [3.8, 4) is 11.5 Å². The van der Waals surface area contributed by atoms with Crippen LogP contribution in [0.25, 0.3) is 0 Å². The van der Waals surface area contributed by atoms with Crippen LogP contribution in [0.2, 0.25) is 0 Å². The van der Waals surface area contributed by atoms with Gasteiger partial charge in [-0.3, -0.25) is 9.59 Å². The molecule has 136 valence electrons. The van der Waals surface area contributed by atoms with E-state index in [0.717, 1.165) is 11.1 Å². The lowest BCUT2D eigenvalue weighted by molar-refractivity contribution is -0.136. The van der Waals surface area contributed by atoms with Crippen molar-refractivity contribution in [3.63, 3.8) is 0 Å². The average molecular weight is 355 g/mol. The smallest absolute Gasteiger partial charge is 0.329 e. The van der Waals surface area contributed by atoms with E-state index in [2.05, 4.69) is 15.8 Å². The van der Waals surface area contributed by atoms with Gasteiger partial charge in [0.2, 0.25) is 0 Å². The van der Waals surface area contributed by atoms with E-state index in [1.54, 1.807) is 25.1 Å². The highest BCUT2D eigenvalue weighted by atomic mass is 16.5. The summed E-state index contributed by atoms with van der Waals surface area (Å²) in [5.41, 5.74) is 5.17. The van der Waals surface area contributed by atoms with Crippen molar-refractivity contribution in [2.24, 2.45) is 5.10 Å². The Morgan fingerprint density at radius 1 is 1.15 bits per heavy atom. The van der Waals surface area contributed by atoms with E-state index in [4.69, 9.17) is 4.74 Å². The minimum absolute atomic E-state index is 0.0148. The van der Waals surface area contributed by atoms with E-state index < -0.39 is 11.8 Å². The first-order valence-electron chi connectivity index (χ1n) is 8.08. The molecule has 7 nitrogen and oxygen atoms in total. The Hall–Kier alpha value is -3.35. The molecule has 7 heteroatoms. The summed E-state index contributed by atoms with van der Waals surface area (Å²) < 4.78 is 5.27. The predicted molar refractivity (Wildman–Crippen MR) is 99.6 cm³/mol. The fraction of sp³-hybridized carbons (Fsp3) is 0.211. The van der Waals surface area contributed by atoms with Crippen LogP contribution in [-0.4, -0.2) is 29.7 Å². The molecule has 0 saturated heterocycles. The van der Waals surface area contributed by atoms with Gasteiger partial charge in [-0.05, 0) is 61.7 Å². The lowest BCUT2D eigenvalue weighted by Gasteiger charge is -2.08. The summed E-state index contributed by atoms with van der Waals surface area (Å²) in [7, 11) is 0. The molecule has 0 saturated carbocycles. The van der Waals surface area contributed by atoms with Gasteiger partial charge in [-0.15, -0.1) is 0 Å². The molecule has 3 N–H and O–H groups in total. The third-order valence-electron chi connectivity index (χ3n) is 3.51. The molecule has 26 heavy (non-hydrogen) atoms. The molecule has 0 unspecified atom stereocenters. The van der Waals surface area contributed by atoms with Gasteiger partial charge >= 0.3 is 11.8 Å². The topological polar surface area (TPSA) is 100 Å². The van der Waals surface area contributed by atoms with Crippen LogP contribution in [0.4, 0.5) is 5.69 Å². The van der Waals surface area contributed by atoms with E-state index in [1.807, 2.05) is 26.0 Å². The number of aromatic hydroxyl groups is 1. The average Bonchev–Trinajstić information content (AvgIpc) is 2.61. The number of aryl methyl sites for hydroxylation is 2. The Morgan fingerprint density at radius 2 is 1.92 bits per heavy atom. The fourth-order valence-electron chi connectivity index (χ4n) is 2.15. The number of anilines is 1. The maximum absolute atomic E-state index is 12.0. The van der Waals surface area contributed by atoms with Crippen molar-refractivity contribution in [2.45, 2.75) is 20.8 Å². The molecule has 0 bridgehead atoms. The Morgan fingerprint density at radius 3 is 2.65 bits per heavy atom. The second kappa shape index (κ2) is 8.66. The summed E-state index contributed by atoms with van der Waals surface area (Å²) in [6.45, 7) is 5.94. The monoisotopic (exact) mass is 355 g/mol. The van der Waals surface area contributed by atoms with Crippen LogP contribution in [0.3, 0.4) is 0 Å². The number of hydrogen-bond acceptors (Lipinski definition) is 5. The molecule has 2 amide bonds. The molecule has 0 aromatic heterocycles. The Bertz CT molecular complexity index is 847. The van der Waals surface area contributed by atoms with Crippen LogP contribution in [0.1, 0.15) is 23.6 Å². The minimum Gasteiger partial charge on any atom is -0.504 e. The van der Waals surface area contributed by atoms with Gasteiger partial charge in [-0.1, -0.05) is 12.1 Å². The zero-order valence-electron chi connectivity index (χ0n) is 14.9. The van der Waals surface area contributed by atoms with Gasteiger partial charge in [0.1, 0.15) is 0 Å². The van der Waals surface area contributed by atoms with Crippen LogP contribution in [-0.2, 0) is 9.59 Å². The highest BCUT2D eigenvalue weighted by Crippen LogP contribution is 2.26. The van der Waals surface area contributed by atoms with Crippen LogP contribution < -0.4 is 15.5 Å². The van der Waals surface area contributed by atoms with Crippen molar-refractivity contribution in [1.82, 2.24) is 5.43 Å². The predicted octanol–water partition coefficient (Wildman–Crippen LogP) is 2.50. The summed E-state index contributed by atoms with van der Waals surface area (Å²) >= 11 is 0. The van der Waals surface area contributed by atoms with Gasteiger partial charge in [-0.25, -0.2) is 5.43 Å². The number of carbonyl (C=O) groups excluding carboxylic acids is 2. The molecule has 2 aromatic carbocycles. The molecule has 0 radical (unpaired) electrons. The number of rotatable bonds is 5. The third-order valence-corrected chi connectivity index (χ3v) is 3.51. The lowest BCUT2D eigenvalue weighted by Crippen LogP contribution is -2.32. The van der Waals surface area contributed by atoms with Gasteiger partial charge in [0.25, 0.3) is 0 Å². The lowest BCUT2D eigenvalue weighted by atomic mass is 10.1. The van der Waals surface area contributed by atoms with Gasteiger partial charge in [-0.2, -0.15) is 5.10 Å². The van der Waals surface area contributed by atoms with Gasteiger partial charge < -0.3 is 15.2 Å². The molecule has 0 aliphatic rings. The Balaban J connectivity index is 1.97. The number of benzene rings is 2. The number of hydrogen-bond donors (Lipinski definition) is 3. The van der Waals surface area contributed by atoms with Gasteiger partial charge in [0, 0.05) is 5.69 Å². The van der Waals surface area contributed by atoms with Crippen molar-refractivity contribution < 1.29 is 19.4 Å². The van der Waals surface area contributed by atoms with Crippen molar-refractivity contribution in [2.75, 3.05) is 11.9 Å². The van der Waals surface area contributed by atoms with Gasteiger partial charge in [0.05, 0.1) is 12.8 Å². The van der Waals surface area contributed by atoms with E-state index in [9.17, 15) is 14.7 Å². The summed E-state index contributed by atoms with van der Waals surface area (Å²) in [5, 5.41) is 15.9. The minimum atomic E-state index is -0.883. The van der Waals surface area contributed by atoms with Crippen LogP contribution in [0.5, 0.6) is 11.5 Å². The molecular weight excluding hydrogens is 334 g/mol. The molecule has 0 spiro atoms. The van der Waals surface area contributed by atoms with Crippen LogP contribution in [0.15, 0.2) is 41.5 Å². The van der Waals surface area contributed by atoms with E-state index in [0.29, 0.717) is 23.6 Å². The highest BCUT2D eigenvalue weighted by molar-refractivity contribution is 6.39. The number of phenolic OH excluding ortho intramolecular Hbond substituents is 1. The van der Waals surface area contributed by atoms with Crippen molar-refractivity contribution in [3.05, 3.63) is 53.1 Å². The number of hydrazone groups is 1. The maximum Gasteiger partial charge on any atom is 0.329 e. The molecule has 2 rings (SSSR count). The summed E-state index contributed by atoms with van der Waals surface area (Å²) in [6.07, 6.45) is 1.35. The number of ether oxygens (including phenoxy) is 1. The molecular formula is C19H21N3O4. The SMILES string of the molecule is CCOc1cc(/C=N/NC(=O)C(=O)Nc2cc(C)ccc2C)ccc1O. The van der Waals surface area contributed by atoms with Crippen molar-refractivity contribution in [1.29, 1.82) is 0 Å². The molecule has 0 atom stereocenters. The molecule has 0 aliphatic carbocycles. The molecule has 0 fully saturated rings. The number of amides is 2. The van der Waals surface area contributed by atoms with E-state index >= 15 is 0 Å². The Labute approximate surface area is 151 Å². The molecule has 0 heterocycles. The number of carbonyl (C=O) groups is 2. The zero-order chi connectivity index (χ0) is 19.1. The molecule has 2 aromatic rings. The maximum atomic E-state index is 12.0. The van der Waals surface area contributed by atoms with Crippen LogP contribution >= 0.6 is 0 Å². The second-order valence-corrected chi connectivity index (χ2v) is 5.63. The first kappa shape index (κ1) is 19.0. The van der Waals surface area contributed by atoms with E-state index in [-0.39, 0.29) is 5.75 Å². The summed E-state index contributed by atoms with van der Waals surface area (Å²) in [4.78, 5) is 23.8. The zero-order valence-corrected chi connectivity index (χ0v) is 14.9. The fourth-order valence-corrected chi connectivity index (χ4v) is 2.15. The van der Waals surface area contributed by atoms with Crippen molar-refractivity contribution >= 4 is 23.7 Å². The third kappa shape index (κ3) is 5.07. The normalized spacial score (nSPS) is 10.6. The first-order chi connectivity index (χ1) is 12.4. The van der Waals surface area contributed by atoms with Crippen LogP contribution in [0, 0.1) is 13.8 Å². The number of phenols is 1. The van der Waals surface area contributed by atoms with Gasteiger partial charge in [0.15, 0.2) is 11.5 Å². The highest BCUT2D eigenvalue weighted by Gasteiger charge is 2.14. The number of nitrogens with zero attached hydrogens (tertiary/aromatic N) is 1. The summed E-state index contributed by atoms with van der Waals surface area (Å²) in [5.74, 6) is -1.36. The first-order valence-corrected chi connectivity index (χ1v) is 8.08. The Kier molecular flexibility index (Phi) is 6.32. The quantitative estimate of drug-likeness (QED) is 0.436. The van der Waals surface area contributed by atoms with E-state index in [1.165, 1.54) is 12.3 Å². The molecule has 0 aliphatic heterocycles. The number of nitrogens with one attached hydrogen (secondary N) is 2.